The second-order valence-corrected chi connectivity index (χ2v) is 5.99. The van der Waals surface area contributed by atoms with Crippen LogP contribution in [0, 0.1) is 0 Å². The fourth-order valence-corrected chi connectivity index (χ4v) is 2.83. The molecule has 0 aliphatic rings. The number of thiocarbonyl (C=S) groups is 1. The number of halogens is 1. The van der Waals surface area contributed by atoms with Crippen molar-refractivity contribution in [3.05, 3.63) is 58.6 Å². The Morgan fingerprint density at radius 2 is 1.96 bits per heavy atom. The summed E-state index contributed by atoms with van der Waals surface area (Å²) < 4.78 is 6.03. The van der Waals surface area contributed by atoms with Gasteiger partial charge in [-0.05, 0) is 49.5 Å². The van der Waals surface area contributed by atoms with E-state index >= 15 is 0 Å². The van der Waals surface area contributed by atoms with Crippen LogP contribution < -0.4 is 15.0 Å². The minimum Gasteiger partial charge on any atom is -0.496 e. The van der Waals surface area contributed by atoms with E-state index in [0.717, 1.165) is 10.2 Å². The van der Waals surface area contributed by atoms with Crippen molar-refractivity contribution in [2.45, 2.75) is 6.92 Å². The molecule has 0 bridgehead atoms. The van der Waals surface area contributed by atoms with Crippen LogP contribution in [0.4, 0.5) is 5.69 Å². The second-order valence-electron chi connectivity index (χ2n) is 4.68. The van der Waals surface area contributed by atoms with Gasteiger partial charge < -0.3 is 9.64 Å². The van der Waals surface area contributed by atoms with Crippen LogP contribution in [0.2, 0.25) is 0 Å². The molecule has 0 heterocycles. The minimum absolute atomic E-state index is 0.303. The predicted octanol–water partition coefficient (Wildman–Crippen LogP) is 4.00. The fraction of sp³-hybridized carbons (Fsp3) is 0.176. The standard InChI is InChI=1S/C17H17BrN2O2S/c1-3-20(13-7-5-4-6-8-13)17(23)19-16(21)14-11-12(18)9-10-15(14)22-2/h4-11H,3H2,1-2H3,(H,19,21,23). The molecular formula is C17H17BrN2O2S. The molecule has 0 saturated heterocycles. The molecule has 0 aromatic heterocycles. The lowest BCUT2D eigenvalue weighted by Gasteiger charge is -2.24. The fourth-order valence-electron chi connectivity index (χ4n) is 2.14. The molecule has 1 amide bonds. The Hall–Kier alpha value is -1.92. The summed E-state index contributed by atoms with van der Waals surface area (Å²) in [5.41, 5.74) is 1.36. The van der Waals surface area contributed by atoms with Gasteiger partial charge in [0.25, 0.3) is 5.91 Å². The number of benzene rings is 2. The predicted molar refractivity (Wildman–Crippen MR) is 100 cm³/mol. The van der Waals surface area contributed by atoms with Crippen LogP contribution in [0.15, 0.2) is 53.0 Å². The van der Waals surface area contributed by atoms with Crippen LogP contribution in [0.5, 0.6) is 5.75 Å². The quantitative estimate of drug-likeness (QED) is 0.798. The van der Waals surface area contributed by atoms with Gasteiger partial charge in [0.2, 0.25) is 0 Å². The van der Waals surface area contributed by atoms with Crippen LogP contribution in [0.1, 0.15) is 17.3 Å². The summed E-state index contributed by atoms with van der Waals surface area (Å²) in [6.07, 6.45) is 0. The first-order valence-corrected chi connectivity index (χ1v) is 8.28. The van der Waals surface area contributed by atoms with Crippen molar-refractivity contribution in [3.8, 4) is 5.75 Å². The number of nitrogens with one attached hydrogen (secondary N) is 1. The highest BCUT2D eigenvalue weighted by Gasteiger charge is 2.17. The molecule has 0 fully saturated rings. The first kappa shape index (κ1) is 17.4. The van der Waals surface area contributed by atoms with Crippen LogP contribution in [0.3, 0.4) is 0 Å². The third-order valence-corrected chi connectivity index (χ3v) is 4.07. The topological polar surface area (TPSA) is 41.6 Å². The normalized spacial score (nSPS) is 10.0. The molecule has 0 unspecified atom stereocenters. The van der Waals surface area contributed by atoms with E-state index in [9.17, 15) is 4.79 Å². The number of carbonyl (C=O) groups excluding carboxylic acids is 1. The second kappa shape index (κ2) is 8.08. The number of amides is 1. The molecule has 2 aromatic rings. The van der Waals surface area contributed by atoms with Gasteiger partial charge in [-0.3, -0.25) is 10.1 Å². The Labute approximate surface area is 149 Å². The summed E-state index contributed by atoms with van der Waals surface area (Å²) in [4.78, 5) is 14.4. The van der Waals surface area contributed by atoms with E-state index in [4.69, 9.17) is 17.0 Å². The zero-order chi connectivity index (χ0) is 16.8. The summed E-state index contributed by atoms with van der Waals surface area (Å²) in [6, 6.07) is 14.9. The molecule has 120 valence electrons. The van der Waals surface area contributed by atoms with E-state index in [1.165, 1.54) is 7.11 Å². The summed E-state index contributed by atoms with van der Waals surface area (Å²) in [5, 5.41) is 3.12. The molecule has 1 N–H and O–H groups in total. The molecule has 0 aliphatic heterocycles. The first-order chi connectivity index (χ1) is 11.1. The zero-order valence-corrected chi connectivity index (χ0v) is 15.3. The van der Waals surface area contributed by atoms with Crippen LogP contribution >= 0.6 is 28.1 Å². The van der Waals surface area contributed by atoms with Crippen molar-refractivity contribution in [1.29, 1.82) is 0 Å². The maximum Gasteiger partial charge on any atom is 0.261 e. The van der Waals surface area contributed by atoms with Gasteiger partial charge in [-0.15, -0.1) is 0 Å². The highest BCUT2D eigenvalue weighted by Crippen LogP contribution is 2.23. The van der Waals surface area contributed by atoms with Crippen molar-refractivity contribution in [2.24, 2.45) is 0 Å². The Balaban J connectivity index is 2.19. The molecule has 23 heavy (non-hydrogen) atoms. The van der Waals surface area contributed by atoms with E-state index in [2.05, 4.69) is 21.2 Å². The number of anilines is 1. The Bertz CT molecular complexity index is 707. The summed E-state index contributed by atoms with van der Waals surface area (Å²) in [5.74, 6) is 0.193. The molecule has 0 aliphatic carbocycles. The van der Waals surface area contributed by atoms with Gasteiger partial charge in [-0.25, -0.2) is 0 Å². The minimum atomic E-state index is -0.303. The average molecular weight is 393 g/mol. The third-order valence-electron chi connectivity index (χ3n) is 3.26. The van der Waals surface area contributed by atoms with E-state index in [1.807, 2.05) is 48.2 Å². The number of hydrogen-bond acceptors (Lipinski definition) is 3. The number of rotatable bonds is 4. The number of nitrogens with zero attached hydrogens (tertiary/aromatic N) is 1. The average Bonchev–Trinajstić information content (AvgIpc) is 2.56. The summed E-state index contributed by atoms with van der Waals surface area (Å²) in [6.45, 7) is 2.63. The van der Waals surface area contributed by atoms with Crippen molar-refractivity contribution in [3.63, 3.8) is 0 Å². The lowest BCUT2D eigenvalue weighted by atomic mass is 10.2. The van der Waals surface area contributed by atoms with Gasteiger partial charge >= 0.3 is 0 Å². The number of ether oxygens (including phenoxy) is 1. The van der Waals surface area contributed by atoms with Gasteiger partial charge in [-0.1, -0.05) is 34.1 Å². The molecule has 0 atom stereocenters. The Morgan fingerprint density at radius 3 is 2.57 bits per heavy atom. The number of hydrogen-bond donors (Lipinski definition) is 1. The first-order valence-electron chi connectivity index (χ1n) is 7.08. The molecular weight excluding hydrogens is 376 g/mol. The monoisotopic (exact) mass is 392 g/mol. The molecule has 0 spiro atoms. The Kier molecular flexibility index (Phi) is 6.12. The van der Waals surface area contributed by atoms with E-state index in [0.29, 0.717) is 23.0 Å². The number of para-hydroxylation sites is 1. The third kappa shape index (κ3) is 4.30. The maximum absolute atomic E-state index is 12.5. The van der Waals surface area contributed by atoms with E-state index in [-0.39, 0.29) is 5.91 Å². The van der Waals surface area contributed by atoms with Crippen molar-refractivity contribution >= 4 is 44.9 Å². The van der Waals surface area contributed by atoms with Crippen molar-refractivity contribution < 1.29 is 9.53 Å². The SMILES string of the molecule is CCN(C(=S)NC(=O)c1cc(Br)ccc1OC)c1ccccc1. The maximum atomic E-state index is 12.5. The van der Waals surface area contributed by atoms with Gasteiger partial charge in [-0.2, -0.15) is 0 Å². The molecule has 6 heteroatoms. The smallest absolute Gasteiger partial charge is 0.261 e. The lowest BCUT2D eigenvalue weighted by molar-refractivity contribution is 0.0974. The lowest BCUT2D eigenvalue weighted by Crippen LogP contribution is -2.42. The summed E-state index contributed by atoms with van der Waals surface area (Å²) in [7, 11) is 1.53. The van der Waals surface area contributed by atoms with E-state index in [1.54, 1.807) is 12.1 Å². The van der Waals surface area contributed by atoms with Crippen molar-refractivity contribution in [2.75, 3.05) is 18.6 Å². The van der Waals surface area contributed by atoms with Gasteiger partial charge in [0, 0.05) is 16.7 Å². The molecule has 2 aromatic carbocycles. The van der Waals surface area contributed by atoms with Gasteiger partial charge in [0.15, 0.2) is 5.11 Å². The number of methoxy groups -OCH3 is 1. The summed E-state index contributed by atoms with van der Waals surface area (Å²) >= 11 is 8.75. The van der Waals surface area contributed by atoms with Crippen molar-refractivity contribution in [1.82, 2.24) is 5.32 Å². The zero-order valence-electron chi connectivity index (χ0n) is 12.9. The van der Waals surface area contributed by atoms with Crippen LogP contribution in [-0.4, -0.2) is 24.7 Å². The van der Waals surface area contributed by atoms with Gasteiger partial charge in [0.1, 0.15) is 5.75 Å². The Morgan fingerprint density at radius 1 is 1.26 bits per heavy atom. The molecule has 2 rings (SSSR count). The highest BCUT2D eigenvalue weighted by molar-refractivity contribution is 9.10. The van der Waals surface area contributed by atoms with Crippen LogP contribution in [0.25, 0.3) is 0 Å². The number of carbonyl (C=O) groups is 1. The largest absolute Gasteiger partial charge is 0.496 e. The van der Waals surface area contributed by atoms with Crippen LogP contribution in [-0.2, 0) is 0 Å². The van der Waals surface area contributed by atoms with E-state index < -0.39 is 0 Å². The molecule has 0 radical (unpaired) electrons. The molecule has 4 nitrogen and oxygen atoms in total. The van der Waals surface area contributed by atoms with Gasteiger partial charge in [0.05, 0.1) is 12.7 Å². The highest BCUT2D eigenvalue weighted by atomic mass is 79.9. The molecule has 0 saturated carbocycles.